The number of hydrogen-bond donors (Lipinski definition) is 1. The van der Waals surface area contributed by atoms with Crippen molar-refractivity contribution in [3.05, 3.63) is 70.1 Å². The number of thioether (sulfide) groups is 1. The van der Waals surface area contributed by atoms with Gasteiger partial charge in [-0.15, -0.1) is 0 Å². The van der Waals surface area contributed by atoms with Gasteiger partial charge in [0.15, 0.2) is 5.17 Å². The Bertz CT molecular complexity index is 876. The summed E-state index contributed by atoms with van der Waals surface area (Å²) < 4.78 is 0. The smallest absolute Gasteiger partial charge is 0.264 e. The molecular formula is C19H15N3OS. The maximum Gasteiger partial charge on any atom is 0.264 e. The van der Waals surface area contributed by atoms with E-state index in [2.05, 4.69) is 35.4 Å². The summed E-state index contributed by atoms with van der Waals surface area (Å²) in [6.45, 7) is 2.11. The summed E-state index contributed by atoms with van der Waals surface area (Å²) in [6, 6.07) is 17.3. The lowest BCUT2D eigenvalue weighted by molar-refractivity contribution is -0.115. The van der Waals surface area contributed by atoms with Gasteiger partial charge in [-0.1, -0.05) is 43.3 Å². The summed E-state index contributed by atoms with van der Waals surface area (Å²) >= 11 is 1.28. The van der Waals surface area contributed by atoms with Crippen molar-refractivity contribution in [1.29, 1.82) is 5.26 Å². The van der Waals surface area contributed by atoms with E-state index >= 15 is 0 Å². The zero-order valence-electron chi connectivity index (χ0n) is 13.1. The third kappa shape index (κ3) is 3.55. The standard InChI is InChI=1S/C19H15N3OS/c1-2-13-7-9-14(10-8-13)11-17-18(23)22-19(24-17)21-16-6-4-3-5-15(16)12-20/h3-11H,2H2,1H3,(H,21,22,23)/b17-11-. The van der Waals surface area contributed by atoms with Crippen molar-refractivity contribution in [2.75, 3.05) is 0 Å². The number of aryl methyl sites for hydroxylation is 1. The summed E-state index contributed by atoms with van der Waals surface area (Å²) in [5, 5.41) is 12.3. The lowest BCUT2D eigenvalue weighted by Crippen LogP contribution is -2.19. The second-order valence-corrected chi connectivity index (χ2v) is 6.24. The van der Waals surface area contributed by atoms with E-state index < -0.39 is 0 Å². The van der Waals surface area contributed by atoms with Gasteiger partial charge in [0.25, 0.3) is 5.91 Å². The molecule has 5 heteroatoms. The van der Waals surface area contributed by atoms with E-state index in [1.54, 1.807) is 18.2 Å². The first-order valence-electron chi connectivity index (χ1n) is 7.57. The molecule has 2 aromatic carbocycles. The molecule has 1 aliphatic heterocycles. The molecule has 0 saturated carbocycles. The maximum absolute atomic E-state index is 12.1. The molecule has 1 saturated heterocycles. The Balaban J connectivity index is 1.84. The predicted molar refractivity (Wildman–Crippen MR) is 97.8 cm³/mol. The first-order valence-corrected chi connectivity index (χ1v) is 8.39. The number of nitriles is 1. The van der Waals surface area contributed by atoms with Crippen LogP contribution in [0.1, 0.15) is 23.6 Å². The highest BCUT2D eigenvalue weighted by Gasteiger charge is 2.24. The van der Waals surface area contributed by atoms with E-state index in [0.29, 0.717) is 21.3 Å². The fourth-order valence-electron chi connectivity index (χ4n) is 2.26. The maximum atomic E-state index is 12.1. The Labute approximate surface area is 144 Å². The van der Waals surface area contributed by atoms with E-state index in [4.69, 9.17) is 5.26 Å². The highest BCUT2D eigenvalue weighted by atomic mass is 32.2. The van der Waals surface area contributed by atoms with Gasteiger partial charge in [-0.25, -0.2) is 4.99 Å². The van der Waals surface area contributed by atoms with E-state index in [0.717, 1.165) is 12.0 Å². The van der Waals surface area contributed by atoms with Crippen LogP contribution >= 0.6 is 11.8 Å². The Kier molecular flexibility index (Phi) is 4.78. The first kappa shape index (κ1) is 16.0. The van der Waals surface area contributed by atoms with Crippen LogP contribution in [0.15, 0.2) is 58.4 Å². The molecule has 1 heterocycles. The fraction of sp³-hybridized carbons (Fsp3) is 0.105. The van der Waals surface area contributed by atoms with Gasteiger partial charge in [0, 0.05) is 0 Å². The minimum Gasteiger partial charge on any atom is -0.300 e. The van der Waals surface area contributed by atoms with Gasteiger partial charge < -0.3 is 5.32 Å². The molecule has 0 aliphatic carbocycles. The lowest BCUT2D eigenvalue weighted by Gasteiger charge is -1.98. The van der Waals surface area contributed by atoms with E-state index in [1.165, 1.54) is 17.3 Å². The summed E-state index contributed by atoms with van der Waals surface area (Å²) in [5.74, 6) is -0.173. The zero-order chi connectivity index (χ0) is 16.9. The van der Waals surface area contributed by atoms with Gasteiger partial charge >= 0.3 is 0 Å². The van der Waals surface area contributed by atoms with Crippen LogP contribution in [0, 0.1) is 11.3 Å². The van der Waals surface area contributed by atoms with Crippen molar-refractivity contribution >= 4 is 34.6 Å². The van der Waals surface area contributed by atoms with Crippen LogP contribution in [0.25, 0.3) is 6.08 Å². The van der Waals surface area contributed by atoms with Crippen LogP contribution in [0.4, 0.5) is 5.69 Å². The Morgan fingerprint density at radius 2 is 1.96 bits per heavy atom. The van der Waals surface area contributed by atoms with E-state index in [1.807, 2.05) is 24.3 Å². The van der Waals surface area contributed by atoms with Crippen LogP contribution in [-0.4, -0.2) is 11.1 Å². The molecule has 2 aromatic rings. The number of nitrogens with one attached hydrogen (secondary N) is 1. The molecule has 0 atom stereocenters. The first-order chi connectivity index (χ1) is 11.7. The van der Waals surface area contributed by atoms with Crippen molar-refractivity contribution in [2.24, 2.45) is 4.99 Å². The fourth-order valence-corrected chi connectivity index (χ4v) is 3.09. The number of carbonyl (C=O) groups is 1. The average Bonchev–Trinajstić information content (AvgIpc) is 2.95. The molecule has 1 amide bonds. The molecule has 1 aliphatic rings. The Morgan fingerprint density at radius 3 is 2.67 bits per heavy atom. The van der Waals surface area contributed by atoms with Crippen LogP contribution in [0.2, 0.25) is 0 Å². The molecule has 1 fully saturated rings. The summed E-state index contributed by atoms with van der Waals surface area (Å²) in [4.78, 5) is 17.1. The topological polar surface area (TPSA) is 65.2 Å². The molecule has 0 radical (unpaired) electrons. The largest absolute Gasteiger partial charge is 0.300 e. The molecule has 0 unspecified atom stereocenters. The molecule has 0 aromatic heterocycles. The number of rotatable bonds is 3. The van der Waals surface area contributed by atoms with Gasteiger partial charge in [0.1, 0.15) is 6.07 Å². The molecule has 3 rings (SSSR count). The summed E-state index contributed by atoms with van der Waals surface area (Å²) in [7, 11) is 0. The van der Waals surface area contributed by atoms with Gasteiger partial charge in [0.2, 0.25) is 0 Å². The van der Waals surface area contributed by atoms with Gasteiger partial charge in [-0.3, -0.25) is 4.79 Å². The highest BCUT2D eigenvalue weighted by Crippen LogP contribution is 2.29. The number of nitrogens with zero attached hydrogens (tertiary/aromatic N) is 2. The van der Waals surface area contributed by atoms with Crippen LogP contribution < -0.4 is 5.32 Å². The highest BCUT2D eigenvalue weighted by molar-refractivity contribution is 8.18. The molecule has 24 heavy (non-hydrogen) atoms. The molecule has 118 valence electrons. The Morgan fingerprint density at radius 1 is 1.21 bits per heavy atom. The number of amides is 1. The molecule has 4 nitrogen and oxygen atoms in total. The van der Waals surface area contributed by atoms with Crippen molar-refractivity contribution < 1.29 is 4.79 Å². The van der Waals surface area contributed by atoms with Gasteiger partial charge in [-0.05, 0) is 47.5 Å². The second kappa shape index (κ2) is 7.16. The molecule has 1 N–H and O–H groups in total. The van der Waals surface area contributed by atoms with E-state index in [-0.39, 0.29) is 5.91 Å². The number of amidine groups is 1. The molecule has 0 spiro atoms. The van der Waals surface area contributed by atoms with E-state index in [9.17, 15) is 4.79 Å². The van der Waals surface area contributed by atoms with Crippen molar-refractivity contribution in [2.45, 2.75) is 13.3 Å². The van der Waals surface area contributed by atoms with Crippen molar-refractivity contribution in [3.63, 3.8) is 0 Å². The Hall–Kier alpha value is -2.84. The number of benzene rings is 2. The lowest BCUT2D eigenvalue weighted by atomic mass is 10.1. The third-order valence-corrected chi connectivity index (χ3v) is 4.49. The number of carbonyl (C=O) groups excluding carboxylic acids is 1. The summed E-state index contributed by atoms with van der Waals surface area (Å²) in [6.07, 6.45) is 2.83. The van der Waals surface area contributed by atoms with Crippen LogP contribution in [0.3, 0.4) is 0 Å². The number of hydrogen-bond acceptors (Lipinski definition) is 4. The SMILES string of the molecule is CCc1ccc(/C=C2\SC(=Nc3ccccc3C#N)NC2=O)cc1. The minimum atomic E-state index is -0.173. The van der Waals surface area contributed by atoms with Crippen LogP contribution in [-0.2, 0) is 11.2 Å². The molecular weight excluding hydrogens is 318 g/mol. The molecule has 0 bridgehead atoms. The normalized spacial score (nSPS) is 17.1. The second-order valence-electron chi connectivity index (χ2n) is 5.21. The van der Waals surface area contributed by atoms with Crippen molar-refractivity contribution in [1.82, 2.24) is 5.32 Å². The number of aliphatic imine (C=N–C) groups is 1. The quantitative estimate of drug-likeness (QED) is 0.863. The monoisotopic (exact) mass is 333 g/mol. The average molecular weight is 333 g/mol. The predicted octanol–water partition coefficient (Wildman–Crippen LogP) is 4.01. The minimum absolute atomic E-state index is 0.173. The zero-order valence-corrected chi connectivity index (χ0v) is 13.9. The van der Waals surface area contributed by atoms with Crippen molar-refractivity contribution in [3.8, 4) is 6.07 Å². The van der Waals surface area contributed by atoms with Crippen LogP contribution in [0.5, 0.6) is 0 Å². The summed E-state index contributed by atoms with van der Waals surface area (Å²) in [5.41, 5.74) is 3.27. The third-order valence-electron chi connectivity index (χ3n) is 3.58. The van der Waals surface area contributed by atoms with Gasteiger partial charge in [0.05, 0.1) is 16.2 Å². The van der Waals surface area contributed by atoms with Gasteiger partial charge in [-0.2, -0.15) is 5.26 Å². The number of para-hydroxylation sites is 1.